The number of carbonyl (C=O) groups is 2. The van der Waals surface area contributed by atoms with Crippen molar-refractivity contribution in [3.63, 3.8) is 0 Å². The average Bonchev–Trinajstić information content (AvgIpc) is 2.73. The van der Waals surface area contributed by atoms with Crippen LogP contribution in [0.4, 0.5) is 5.69 Å². The lowest BCUT2D eigenvalue weighted by atomic mass is 9.82. The highest BCUT2D eigenvalue weighted by molar-refractivity contribution is 6.05. The summed E-state index contributed by atoms with van der Waals surface area (Å²) in [6.45, 7) is 7.35. The number of rotatable bonds is 9. The smallest absolute Gasteiger partial charge is 0.336 e. The summed E-state index contributed by atoms with van der Waals surface area (Å²) in [6.07, 6.45) is 1.06. The molecule has 0 saturated carbocycles. The molecule has 1 aromatic rings. The van der Waals surface area contributed by atoms with E-state index in [2.05, 4.69) is 5.10 Å². The van der Waals surface area contributed by atoms with Crippen molar-refractivity contribution in [2.75, 3.05) is 19.8 Å². The number of benzene rings is 1. The van der Waals surface area contributed by atoms with Gasteiger partial charge in [-0.1, -0.05) is 32.0 Å². The molecule has 1 heterocycles. The SMILES string of the molecule is CCCOC(=O)C1=C(C)N(CC(=O)OCC)N=C(CC)C1c1ccccc1[N+](=O)[O-]. The van der Waals surface area contributed by atoms with Crippen LogP contribution in [0, 0.1) is 10.1 Å². The lowest BCUT2D eigenvalue weighted by molar-refractivity contribution is -0.385. The molecule has 0 fully saturated rings. The molecule has 0 radical (unpaired) electrons. The van der Waals surface area contributed by atoms with E-state index in [4.69, 9.17) is 9.47 Å². The maximum atomic E-state index is 13.0. The van der Waals surface area contributed by atoms with Crippen LogP contribution in [0.5, 0.6) is 0 Å². The number of carbonyl (C=O) groups excluding carboxylic acids is 2. The van der Waals surface area contributed by atoms with Crippen LogP contribution < -0.4 is 0 Å². The Morgan fingerprint density at radius 2 is 1.90 bits per heavy atom. The Morgan fingerprint density at radius 3 is 2.50 bits per heavy atom. The van der Waals surface area contributed by atoms with Gasteiger partial charge in [-0.15, -0.1) is 0 Å². The van der Waals surface area contributed by atoms with Gasteiger partial charge in [-0.25, -0.2) is 4.79 Å². The van der Waals surface area contributed by atoms with Crippen molar-refractivity contribution >= 4 is 23.3 Å². The van der Waals surface area contributed by atoms with Gasteiger partial charge in [0, 0.05) is 17.3 Å². The van der Waals surface area contributed by atoms with Crippen LogP contribution in [0.1, 0.15) is 52.0 Å². The van der Waals surface area contributed by atoms with Gasteiger partial charge >= 0.3 is 11.9 Å². The minimum absolute atomic E-state index is 0.101. The minimum atomic E-state index is -0.737. The topological polar surface area (TPSA) is 111 Å². The van der Waals surface area contributed by atoms with Crippen molar-refractivity contribution in [3.05, 3.63) is 51.2 Å². The van der Waals surface area contributed by atoms with E-state index in [0.29, 0.717) is 29.8 Å². The first-order valence-electron chi connectivity index (χ1n) is 9.97. The van der Waals surface area contributed by atoms with E-state index >= 15 is 0 Å². The van der Waals surface area contributed by atoms with Gasteiger partial charge < -0.3 is 9.47 Å². The van der Waals surface area contributed by atoms with Gasteiger partial charge in [0.2, 0.25) is 0 Å². The fourth-order valence-corrected chi connectivity index (χ4v) is 3.33. The molecule has 1 unspecified atom stereocenters. The lowest BCUT2D eigenvalue weighted by Crippen LogP contribution is -2.36. The number of esters is 2. The summed E-state index contributed by atoms with van der Waals surface area (Å²) in [5.74, 6) is -1.80. The summed E-state index contributed by atoms with van der Waals surface area (Å²) in [4.78, 5) is 36.2. The molecule has 0 amide bonds. The maximum absolute atomic E-state index is 13.0. The number of ether oxygens (including phenoxy) is 2. The van der Waals surface area contributed by atoms with E-state index in [-0.39, 0.29) is 31.0 Å². The molecule has 2 rings (SSSR count). The number of hydrazone groups is 1. The van der Waals surface area contributed by atoms with Crippen LogP contribution in [-0.2, 0) is 19.1 Å². The molecule has 0 aromatic heterocycles. The highest BCUT2D eigenvalue weighted by Gasteiger charge is 2.38. The maximum Gasteiger partial charge on any atom is 0.336 e. The zero-order valence-corrected chi connectivity index (χ0v) is 17.7. The third kappa shape index (κ3) is 5.03. The highest BCUT2D eigenvalue weighted by atomic mass is 16.6. The van der Waals surface area contributed by atoms with Crippen molar-refractivity contribution < 1.29 is 24.0 Å². The minimum Gasteiger partial charge on any atom is -0.465 e. The molecule has 1 aliphatic heterocycles. The van der Waals surface area contributed by atoms with Crippen LogP contribution in [-0.4, -0.2) is 47.3 Å². The summed E-state index contributed by atoms with van der Waals surface area (Å²) in [5.41, 5.74) is 1.44. The molecule has 9 heteroatoms. The number of hydrogen-bond donors (Lipinski definition) is 0. The summed E-state index contributed by atoms with van der Waals surface area (Å²) in [7, 11) is 0. The van der Waals surface area contributed by atoms with Crippen molar-refractivity contribution in [2.45, 2.75) is 46.5 Å². The fourth-order valence-electron chi connectivity index (χ4n) is 3.33. The molecule has 0 spiro atoms. The molecule has 0 saturated heterocycles. The summed E-state index contributed by atoms with van der Waals surface area (Å²) in [6, 6.07) is 6.28. The Kier molecular flexibility index (Phi) is 8.08. The van der Waals surface area contributed by atoms with Crippen LogP contribution in [0.15, 0.2) is 40.6 Å². The predicted molar refractivity (Wildman–Crippen MR) is 111 cm³/mol. The van der Waals surface area contributed by atoms with Crippen LogP contribution >= 0.6 is 0 Å². The van der Waals surface area contributed by atoms with E-state index in [0.717, 1.165) is 0 Å². The van der Waals surface area contributed by atoms with Crippen LogP contribution in [0.25, 0.3) is 0 Å². The van der Waals surface area contributed by atoms with Gasteiger partial charge in [0.1, 0.15) is 6.54 Å². The van der Waals surface area contributed by atoms with Crippen molar-refractivity contribution in [1.82, 2.24) is 5.01 Å². The number of para-hydroxylation sites is 1. The predicted octanol–water partition coefficient (Wildman–Crippen LogP) is 3.55. The Bertz CT molecular complexity index is 877. The molecule has 9 nitrogen and oxygen atoms in total. The standard InChI is InChI=1S/C21H27N3O6/c1-5-12-30-21(26)19-14(4)23(13-18(25)29-7-3)22-16(6-2)20(19)15-10-8-9-11-17(15)24(27)28/h8-11,20H,5-7,12-13H2,1-4H3. The van der Waals surface area contributed by atoms with Gasteiger partial charge in [-0.2, -0.15) is 5.10 Å². The molecule has 1 aliphatic rings. The van der Waals surface area contributed by atoms with E-state index in [1.54, 1.807) is 32.0 Å². The number of nitro benzene ring substituents is 1. The van der Waals surface area contributed by atoms with E-state index in [9.17, 15) is 19.7 Å². The Balaban J connectivity index is 2.62. The van der Waals surface area contributed by atoms with E-state index < -0.39 is 22.8 Å². The Morgan fingerprint density at radius 1 is 1.20 bits per heavy atom. The monoisotopic (exact) mass is 417 g/mol. The van der Waals surface area contributed by atoms with Crippen molar-refractivity contribution in [2.24, 2.45) is 5.10 Å². The zero-order valence-electron chi connectivity index (χ0n) is 17.7. The van der Waals surface area contributed by atoms with Gasteiger partial charge in [0.15, 0.2) is 0 Å². The Labute approximate surface area is 175 Å². The van der Waals surface area contributed by atoms with Gasteiger partial charge in [-0.3, -0.25) is 19.9 Å². The molecular weight excluding hydrogens is 390 g/mol. The first kappa shape index (κ1) is 23.1. The first-order chi connectivity index (χ1) is 14.3. The van der Waals surface area contributed by atoms with Crippen molar-refractivity contribution in [1.29, 1.82) is 0 Å². The van der Waals surface area contributed by atoms with Crippen LogP contribution in [0.3, 0.4) is 0 Å². The fraction of sp³-hybridized carbons (Fsp3) is 0.476. The van der Waals surface area contributed by atoms with E-state index in [1.807, 2.05) is 13.8 Å². The number of hydrogen-bond acceptors (Lipinski definition) is 8. The molecule has 0 N–H and O–H groups in total. The first-order valence-corrected chi connectivity index (χ1v) is 9.97. The average molecular weight is 417 g/mol. The molecule has 0 aliphatic carbocycles. The summed E-state index contributed by atoms with van der Waals surface area (Å²) < 4.78 is 10.4. The number of nitrogens with zero attached hydrogens (tertiary/aromatic N) is 3. The molecular formula is C21H27N3O6. The second-order valence-corrected chi connectivity index (χ2v) is 6.69. The lowest BCUT2D eigenvalue weighted by Gasteiger charge is -2.32. The normalized spacial score (nSPS) is 16.2. The molecule has 1 atom stereocenters. The second-order valence-electron chi connectivity index (χ2n) is 6.69. The third-order valence-electron chi connectivity index (χ3n) is 4.70. The molecule has 162 valence electrons. The largest absolute Gasteiger partial charge is 0.465 e. The highest BCUT2D eigenvalue weighted by Crippen LogP contribution is 2.39. The third-order valence-corrected chi connectivity index (χ3v) is 4.70. The van der Waals surface area contributed by atoms with Crippen LogP contribution in [0.2, 0.25) is 0 Å². The summed E-state index contributed by atoms with van der Waals surface area (Å²) >= 11 is 0. The molecule has 30 heavy (non-hydrogen) atoms. The molecule has 0 bridgehead atoms. The number of nitro groups is 1. The quantitative estimate of drug-likeness (QED) is 0.343. The Hall–Kier alpha value is -3.23. The zero-order chi connectivity index (χ0) is 22.3. The van der Waals surface area contributed by atoms with Crippen molar-refractivity contribution in [3.8, 4) is 0 Å². The van der Waals surface area contributed by atoms with Gasteiger partial charge in [0.05, 0.1) is 35.3 Å². The second kappa shape index (κ2) is 10.5. The number of allylic oxidation sites excluding steroid dienone is 1. The van der Waals surface area contributed by atoms with Gasteiger partial charge in [-0.05, 0) is 26.7 Å². The molecule has 1 aromatic carbocycles. The van der Waals surface area contributed by atoms with E-state index in [1.165, 1.54) is 11.1 Å². The summed E-state index contributed by atoms with van der Waals surface area (Å²) in [5, 5.41) is 17.6. The van der Waals surface area contributed by atoms with Gasteiger partial charge in [0.25, 0.3) is 5.69 Å².